The lowest BCUT2D eigenvalue weighted by molar-refractivity contribution is 0.306. The Kier molecular flexibility index (Phi) is 9.91. The van der Waals surface area contributed by atoms with Gasteiger partial charge in [0.1, 0.15) is 24.7 Å². The summed E-state index contributed by atoms with van der Waals surface area (Å²) in [5.41, 5.74) is 9.90. The summed E-state index contributed by atoms with van der Waals surface area (Å²) in [6.45, 7) is 1.04. The van der Waals surface area contributed by atoms with Gasteiger partial charge in [-0.25, -0.2) is 0 Å². The Hall–Kier alpha value is -6.32. The standard InChI is InChI=1S/C46H37NO2/c1-5-15-37(16-6-1)34-48-44-25-13-21-40(32-44)46(39-19-9-3-10-20-39)31-36-27-29-42(30-28-36)47(41-22-11-4-12-23-41)43-24-14-26-45(33-43)49-35-38-17-7-2-8-18-38/h1-33H,34-35H2. The molecule has 0 aliphatic heterocycles. The van der Waals surface area contributed by atoms with E-state index in [1.165, 1.54) is 0 Å². The van der Waals surface area contributed by atoms with E-state index < -0.39 is 0 Å². The van der Waals surface area contributed by atoms with Gasteiger partial charge < -0.3 is 14.4 Å². The molecule has 0 N–H and O–H groups in total. The minimum absolute atomic E-state index is 0.516. The first-order valence-corrected chi connectivity index (χ1v) is 16.5. The highest BCUT2D eigenvalue weighted by molar-refractivity contribution is 5.92. The van der Waals surface area contributed by atoms with Crippen LogP contribution in [-0.4, -0.2) is 0 Å². The van der Waals surface area contributed by atoms with Gasteiger partial charge in [0, 0.05) is 23.1 Å². The van der Waals surface area contributed by atoms with Crippen molar-refractivity contribution >= 4 is 28.7 Å². The SMILES string of the molecule is C(=C(c1ccccc1)c1cccc(OCc2ccccc2)c1)c1ccc(N(c2ccccc2)c2cccc(OCc3ccccc3)c2)cc1. The van der Waals surface area contributed by atoms with E-state index in [2.05, 4.69) is 144 Å². The maximum Gasteiger partial charge on any atom is 0.121 e. The van der Waals surface area contributed by atoms with E-state index in [1.807, 2.05) is 60.7 Å². The van der Waals surface area contributed by atoms with Crippen molar-refractivity contribution in [1.29, 1.82) is 0 Å². The lowest BCUT2D eigenvalue weighted by atomic mass is 9.95. The van der Waals surface area contributed by atoms with E-state index in [-0.39, 0.29) is 0 Å². The normalized spacial score (nSPS) is 11.1. The van der Waals surface area contributed by atoms with Crippen molar-refractivity contribution in [2.75, 3.05) is 4.90 Å². The molecule has 0 fully saturated rings. The molecule has 3 heteroatoms. The third-order valence-electron chi connectivity index (χ3n) is 8.28. The van der Waals surface area contributed by atoms with Crippen LogP contribution < -0.4 is 14.4 Å². The van der Waals surface area contributed by atoms with Crippen LogP contribution in [0.1, 0.15) is 27.8 Å². The van der Waals surface area contributed by atoms with Crippen LogP contribution in [-0.2, 0) is 13.2 Å². The number of para-hydroxylation sites is 1. The average Bonchev–Trinajstić information content (AvgIpc) is 3.18. The molecule has 0 bridgehead atoms. The van der Waals surface area contributed by atoms with Crippen LogP contribution in [0.2, 0.25) is 0 Å². The Labute approximate surface area is 289 Å². The summed E-state index contributed by atoms with van der Waals surface area (Å²) in [6, 6.07) is 66.8. The van der Waals surface area contributed by atoms with Gasteiger partial charge in [-0.2, -0.15) is 0 Å². The molecule has 0 heterocycles. The first-order valence-electron chi connectivity index (χ1n) is 16.5. The third kappa shape index (κ3) is 8.16. The van der Waals surface area contributed by atoms with Gasteiger partial charge in [0.05, 0.1) is 0 Å². The van der Waals surface area contributed by atoms with Crippen molar-refractivity contribution < 1.29 is 9.47 Å². The summed E-state index contributed by atoms with van der Waals surface area (Å²) in [5.74, 6) is 1.66. The van der Waals surface area contributed by atoms with E-state index in [1.54, 1.807) is 0 Å². The molecular formula is C46H37NO2. The molecule has 3 nitrogen and oxygen atoms in total. The zero-order chi connectivity index (χ0) is 33.1. The topological polar surface area (TPSA) is 21.7 Å². The lowest BCUT2D eigenvalue weighted by Crippen LogP contribution is -2.10. The van der Waals surface area contributed by atoms with Crippen LogP contribution in [0.4, 0.5) is 17.1 Å². The van der Waals surface area contributed by atoms with Crippen LogP contribution in [0, 0.1) is 0 Å². The summed E-state index contributed by atoms with van der Waals surface area (Å²) < 4.78 is 12.4. The fraction of sp³-hybridized carbons (Fsp3) is 0.0435. The third-order valence-corrected chi connectivity index (χ3v) is 8.28. The van der Waals surface area contributed by atoms with Crippen molar-refractivity contribution in [1.82, 2.24) is 0 Å². The molecule has 0 aliphatic rings. The smallest absolute Gasteiger partial charge is 0.121 e. The highest BCUT2D eigenvalue weighted by Crippen LogP contribution is 2.37. The highest BCUT2D eigenvalue weighted by Gasteiger charge is 2.14. The molecule has 0 radical (unpaired) electrons. The number of ether oxygens (including phenoxy) is 2. The van der Waals surface area contributed by atoms with Gasteiger partial charge >= 0.3 is 0 Å². The molecule has 0 saturated carbocycles. The van der Waals surface area contributed by atoms with Gasteiger partial charge in [-0.05, 0) is 88.0 Å². The van der Waals surface area contributed by atoms with Crippen LogP contribution in [0.25, 0.3) is 11.6 Å². The first-order chi connectivity index (χ1) is 24.3. The maximum atomic E-state index is 6.20. The summed E-state index contributed by atoms with van der Waals surface area (Å²) >= 11 is 0. The number of benzene rings is 7. The van der Waals surface area contributed by atoms with Crippen molar-refractivity contribution in [2.24, 2.45) is 0 Å². The molecule has 0 amide bonds. The van der Waals surface area contributed by atoms with E-state index in [4.69, 9.17) is 9.47 Å². The molecule has 0 aromatic heterocycles. The fourth-order valence-electron chi connectivity index (χ4n) is 5.81. The molecule has 0 spiro atoms. The molecule has 0 aliphatic carbocycles. The van der Waals surface area contributed by atoms with Gasteiger partial charge in [-0.1, -0.05) is 140 Å². The number of hydrogen-bond donors (Lipinski definition) is 0. The summed E-state index contributed by atoms with van der Waals surface area (Å²) in [5, 5.41) is 0. The zero-order valence-corrected chi connectivity index (χ0v) is 27.2. The van der Waals surface area contributed by atoms with Gasteiger partial charge in [0.2, 0.25) is 0 Å². The Balaban J connectivity index is 1.18. The van der Waals surface area contributed by atoms with Crippen LogP contribution in [0.15, 0.2) is 194 Å². The number of rotatable bonds is 12. The molecular weight excluding hydrogens is 599 g/mol. The average molecular weight is 636 g/mol. The Morgan fingerprint density at radius 3 is 1.49 bits per heavy atom. The maximum absolute atomic E-state index is 6.20. The number of hydrogen-bond acceptors (Lipinski definition) is 3. The van der Waals surface area contributed by atoms with Crippen LogP contribution in [0.3, 0.4) is 0 Å². The Morgan fingerprint density at radius 2 is 0.878 bits per heavy atom. The van der Waals surface area contributed by atoms with Crippen molar-refractivity contribution in [3.8, 4) is 11.5 Å². The van der Waals surface area contributed by atoms with Crippen molar-refractivity contribution in [2.45, 2.75) is 13.2 Å². The van der Waals surface area contributed by atoms with E-state index >= 15 is 0 Å². The fourth-order valence-corrected chi connectivity index (χ4v) is 5.81. The van der Waals surface area contributed by atoms with E-state index in [9.17, 15) is 0 Å². The second-order valence-corrected chi connectivity index (χ2v) is 11.8. The summed E-state index contributed by atoms with van der Waals surface area (Å²) in [6.07, 6.45) is 2.25. The van der Waals surface area contributed by atoms with E-state index in [0.29, 0.717) is 13.2 Å². The second kappa shape index (κ2) is 15.5. The predicted molar refractivity (Wildman–Crippen MR) is 203 cm³/mol. The molecule has 238 valence electrons. The molecule has 0 saturated heterocycles. The lowest BCUT2D eigenvalue weighted by Gasteiger charge is -2.26. The minimum Gasteiger partial charge on any atom is -0.489 e. The van der Waals surface area contributed by atoms with Crippen LogP contribution >= 0.6 is 0 Å². The summed E-state index contributed by atoms with van der Waals surface area (Å²) in [4.78, 5) is 2.26. The molecule has 0 unspecified atom stereocenters. The van der Waals surface area contributed by atoms with Crippen LogP contribution in [0.5, 0.6) is 11.5 Å². The van der Waals surface area contributed by atoms with E-state index in [0.717, 1.165) is 62.0 Å². The van der Waals surface area contributed by atoms with Gasteiger partial charge in [0.15, 0.2) is 0 Å². The monoisotopic (exact) mass is 635 g/mol. The quantitative estimate of drug-likeness (QED) is 0.125. The highest BCUT2D eigenvalue weighted by atomic mass is 16.5. The Morgan fingerprint density at radius 1 is 0.408 bits per heavy atom. The van der Waals surface area contributed by atoms with Gasteiger partial charge in [-0.15, -0.1) is 0 Å². The van der Waals surface area contributed by atoms with Crippen molar-refractivity contribution in [3.63, 3.8) is 0 Å². The van der Waals surface area contributed by atoms with Gasteiger partial charge in [0.25, 0.3) is 0 Å². The molecule has 0 atom stereocenters. The van der Waals surface area contributed by atoms with Gasteiger partial charge in [-0.3, -0.25) is 0 Å². The molecule has 7 aromatic rings. The summed E-state index contributed by atoms with van der Waals surface area (Å²) in [7, 11) is 0. The molecule has 49 heavy (non-hydrogen) atoms. The molecule has 7 rings (SSSR count). The number of nitrogens with zero attached hydrogens (tertiary/aromatic N) is 1. The zero-order valence-electron chi connectivity index (χ0n) is 27.2. The molecule has 7 aromatic carbocycles. The first kappa shape index (κ1) is 31.3. The number of anilines is 3. The minimum atomic E-state index is 0.516. The second-order valence-electron chi connectivity index (χ2n) is 11.8. The Bertz CT molecular complexity index is 2090. The largest absolute Gasteiger partial charge is 0.489 e. The van der Waals surface area contributed by atoms with Crippen molar-refractivity contribution in [3.05, 3.63) is 222 Å². The predicted octanol–water partition coefficient (Wildman–Crippen LogP) is 11.9.